The van der Waals surface area contributed by atoms with E-state index >= 15 is 0 Å². The third kappa shape index (κ3) is 3.24. The smallest absolute Gasteiger partial charge is 0.271 e. The van der Waals surface area contributed by atoms with Crippen LogP contribution in [0.5, 0.6) is 5.88 Å². The van der Waals surface area contributed by atoms with Gasteiger partial charge in [0.2, 0.25) is 5.88 Å². The molecule has 0 aliphatic carbocycles. The molecule has 1 aromatic carbocycles. The molecule has 1 aliphatic rings. The number of nitriles is 1. The number of hydrogen-bond acceptors (Lipinski definition) is 5. The quantitative estimate of drug-likeness (QED) is 0.833. The highest BCUT2D eigenvalue weighted by atomic mass is 35.5. The van der Waals surface area contributed by atoms with Gasteiger partial charge in [-0.2, -0.15) is 5.26 Å². The van der Waals surface area contributed by atoms with Gasteiger partial charge in [0, 0.05) is 17.2 Å². The molecule has 6 nitrogen and oxygen atoms in total. The fourth-order valence-electron chi connectivity index (χ4n) is 3.16. The number of carbonyl (C=O) groups is 1. The zero-order chi connectivity index (χ0) is 18.8. The van der Waals surface area contributed by atoms with Crippen molar-refractivity contribution < 1.29 is 14.6 Å². The Bertz CT molecular complexity index is 969. The normalized spacial score (nSPS) is 16.4. The van der Waals surface area contributed by atoms with Crippen molar-refractivity contribution in [3.05, 3.63) is 61.9 Å². The standard InChI is InChI=1S/C19H17ClN2O4/c1-11-15(9-21)18(24)22(10-14-6-3-7-26-14)19(25)16(11)17(23)12-4-2-5-13(20)8-12/h2,4-5,8,14,25H,3,6-7,10H2,1H3. The van der Waals surface area contributed by atoms with Crippen LogP contribution in [0.4, 0.5) is 0 Å². The summed E-state index contributed by atoms with van der Waals surface area (Å²) < 4.78 is 6.57. The highest BCUT2D eigenvalue weighted by Crippen LogP contribution is 2.27. The molecule has 1 saturated heterocycles. The number of halogens is 1. The van der Waals surface area contributed by atoms with Gasteiger partial charge in [-0.3, -0.25) is 14.2 Å². The van der Waals surface area contributed by atoms with Crippen LogP contribution in [0.15, 0.2) is 29.1 Å². The predicted molar refractivity (Wildman–Crippen MR) is 95.7 cm³/mol. The van der Waals surface area contributed by atoms with E-state index in [0.717, 1.165) is 17.4 Å². The Labute approximate surface area is 155 Å². The van der Waals surface area contributed by atoms with Crippen molar-refractivity contribution in [3.63, 3.8) is 0 Å². The highest BCUT2D eigenvalue weighted by Gasteiger charge is 2.27. The molecular formula is C19H17ClN2O4. The molecule has 1 aliphatic heterocycles. The second kappa shape index (κ2) is 7.32. The lowest BCUT2D eigenvalue weighted by molar-refractivity contribution is 0.0929. The first-order valence-electron chi connectivity index (χ1n) is 8.22. The van der Waals surface area contributed by atoms with Gasteiger partial charge < -0.3 is 9.84 Å². The molecule has 7 heteroatoms. The van der Waals surface area contributed by atoms with Gasteiger partial charge >= 0.3 is 0 Å². The number of aromatic nitrogens is 1. The van der Waals surface area contributed by atoms with E-state index in [9.17, 15) is 20.0 Å². The number of pyridine rings is 1. The SMILES string of the molecule is Cc1c(C(=O)c2cccc(Cl)c2)c(O)n(CC2CCCO2)c(=O)c1C#N. The van der Waals surface area contributed by atoms with Gasteiger partial charge in [-0.15, -0.1) is 0 Å². The minimum absolute atomic E-state index is 0.0681. The van der Waals surface area contributed by atoms with Crippen LogP contribution in [-0.4, -0.2) is 28.2 Å². The molecule has 1 atom stereocenters. The van der Waals surface area contributed by atoms with Gasteiger partial charge in [0.15, 0.2) is 5.78 Å². The van der Waals surface area contributed by atoms with E-state index < -0.39 is 17.2 Å². The van der Waals surface area contributed by atoms with Gasteiger partial charge in [0.1, 0.15) is 11.6 Å². The third-order valence-corrected chi connectivity index (χ3v) is 4.76. The average molecular weight is 373 g/mol. The van der Waals surface area contributed by atoms with E-state index in [2.05, 4.69) is 0 Å². The van der Waals surface area contributed by atoms with Gasteiger partial charge in [0.05, 0.1) is 18.2 Å². The lowest BCUT2D eigenvalue weighted by atomic mass is 9.97. The number of ketones is 1. The summed E-state index contributed by atoms with van der Waals surface area (Å²) in [6, 6.07) is 8.14. The summed E-state index contributed by atoms with van der Waals surface area (Å²) in [7, 11) is 0. The fraction of sp³-hybridized carbons (Fsp3) is 0.316. The Morgan fingerprint density at radius 2 is 2.27 bits per heavy atom. The minimum Gasteiger partial charge on any atom is -0.494 e. The van der Waals surface area contributed by atoms with Crippen molar-refractivity contribution in [3.8, 4) is 11.9 Å². The fourth-order valence-corrected chi connectivity index (χ4v) is 3.35. The number of rotatable bonds is 4. The molecule has 1 fully saturated rings. The summed E-state index contributed by atoms with van der Waals surface area (Å²) in [5.41, 5.74) is -0.432. The van der Waals surface area contributed by atoms with Crippen LogP contribution in [-0.2, 0) is 11.3 Å². The second-order valence-corrected chi connectivity index (χ2v) is 6.64. The molecule has 0 amide bonds. The van der Waals surface area contributed by atoms with Crippen LogP contribution in [0.2, 0.25) is 5.02 Å². The van der Waals surface area contributed by atoms with E-state index in [0.29, 0.717) is 11.6 Å². The lowest BCUT2D eigenvalue weighted by Gasteiger charge is -2.18. The number of nitrogens with zero attached hydrogens (tertiary/aromatic N) is 2. The molecule has 0 spiro atoms. The number of hydrogen-bond donors (Lipinski definition) is 1. The third-order valence-electron chi connectivity index (χ3n) is 4.52. The topological polar surface area (TPSA) is 92.3 Å². The van der Waals surface area contributed by atoms with Gasteiger partial charge in [-0.05, 0) is 37.5 Å². The molecular weight excluding hydrogens is 356 g/mol. The zero-order valence-corrected chi connectivity index (χ0v) is 14.9. The van der Waals surface area contributed by atoms with Crippen LogP contribution < -0.4 is 5.56 Å². The van der Waals surface area contributed by atoms with Crippen molar-refractivity contribution in [1.82, 2.24) is 4.57 Å². The monoisotopic (exact) mass is 372 g/mol. The second-order valence-electron chi connectivity index (χ2n) is 6.20. The Hall–Kier alpha value is -2.62. The average Bonchev–Trinajstić information content (AvgIpc) is 3.12. The minimum atomic E-state index is -0.624. The summed E-state index contributed by atoms with van der Waals surface area (Å²) in [4.78, 5) is 25.5. The first-order valence-corrected chi connectivity index (χ1v) is 8.60. The van der Waals surface area contributed by atoms with Crippen molar-refractivity contribution in [2.45, 2.75) is 32.4 Å². The molecule has 0 bridgehead atoms. The van der Waals surface area contributed by atoms with Crippen molar-refractivity contribution in [1.29, 1.82) is 5.26 Å². The number of ether oxygens (including phenoxy) is 1. The Morgan fingerprint density at radius 1 is 1.50 bits per heavy atom. The van der Waals surface area contributed by atoms with E-state index in [1.807, 2.05) is 6.07 Å². The number of aromatic hydroxyl groups is 1. The maximum atomic E-state index is 12.9. The Morgan fingerprint density at radius 3 is 2.88 bits per heavy atom. The Balaban J connectivity index is 2.16. The van der Waals surface area contributed by atoms with Crippen molar-refractivity contribution in [2.24, 2.45) is 0 Å². The molecule has 0 radical (unpaired) electrons. The molecule has 26 heavy (non-hydrogen) atoms. The largest absolute Gasteiger partial charge is 0.494 e. The molecule has 2 aromatic rings. The van der Waals surface area contributed by atoms with Gasteiger partial charge in [-0.25, -0.2) is 0 Å². The van der Waals surface area contributed by atoms with Crippen LogP contribution in [0.3, 0.4) is 0 Å². The highest BCUT2D eigenvalue weighted by molar-refractivity contribution is 6.31. The van der Waals surface area contributed by atoms with E-state index in [4.69, 9.17) is 16.3 Å². The molecule has 3 rings (SSSR count). The predicted octanol–water partition coefficient (Wildman–Crippen LogP) is 2.80. The van der Waals surface area contributed by atoms with Gasteiger partial charge in [0.25, 0.3) is 5.56 Å². The lowest BCUT2D eigenvalue weighted by Crippen LogP contribution is -2.30. The molecule has 2 heterocycles. The molecule has 134 valence electrons. The van der Waals surface area contributed by atoms with Crippen LogP contribution in [0.1, 0.15) is 39.9 Å². The summed E-state index contributed by atoms with van der Waals surface area (Å²) in [6.45, 7) is 2.16. The maximum absolute atomic E-state index is 12.9. The number of carbonyl (C=O) groups excluding carboxylic acids is 1. The molecule has 0 saturated carbocycles. The molecule has 1 aromatic heterocycles. The van der Waals surface area contributed by atoms with Crippen LogP contribution in [0, 0.1) is 18.3 Å². The van der Waals surface area contributed by atoms with Crippen LogP contribution >= 0.6 is 11.6 Å². The maximum Gasteiger partial charge on any atom is 0.271 e. The first kappa shape index (κ1) is 18.2. The number of benzene rings is 1. The van der Waals surface area contributed by atoms with E-state index in [1.165, 1.54) is 13.0 Å². The first-order chi connectivity index (χ1) is 12.4. The van der Waals surface area contributed by atoms with E-state index in [1.54, 1.807) is 18.2 Å². The van der Waals surface area contributed by atoms with Crippen LogP contribution in [0.25, 0.3) is 0 Å². The summed E-state index contributed by atoms with van der Waals surface area (Å²) in [5.74, 6) is -0.952. The van der Waals surface area contributed by atoms with Gasteiger partial charge in [-0.1, -0.05) is 23.7 Å². The van der Waals surface area contributed by atoms with E-state index in [-0.39, 0.29) is 34.9 Å². The molecule has 1 unspecified atom stereocenters. The summed E-state index contributed by atoms with van der Waals surface area (Å²) in [6.07, 6.45) is 1.38. The molecule has 1 N–H and O–H groups in total. The van der Waals surface area contributed by atoms with Crippen molar-refractivity contribution >= 4 is 17.4 Å². The van der Waals surface area contributed by atoms with Crippen molar-refractivity contribution in [2.75, 3.05) is 6.61 Å². The zero-order valence-electron chi connectivity index (χ0n) is 14.2. The Kier molecular flexibility index (Phi) is 5.12. The summed E-state index contributed by atoms with van der Waals surface area (Å²) in [5, 5.41) is 20.4. The summed E-state index contributed by atoms with van der Waals surface area (Å²) >= 11 is 5.95.